The van der Waals surface area contributed by atoms with E-state index in [1.807, 2.05) is 51.3 Å². The number of nitrogens with one attached hydrogen (secondary N) is 1. The van der Waals surface area contributed by atoms with E-state index in [-0.39, 0.29) is 11.3 Å². The van der Waals surface area contributed by atoms with Crippen molar-refractivity contribution in [2.24, 2.45) is 11.1 Å². The number of nitrogens with zero attached hydrogens (tertiary/aromatic N) is 2. The molecule has 0 spiro atoms. The van der Waals surface area contributed by atoms with Gasteiger partial charge in [-0.25, -0.2) is 4.98 Å². The molecule has 0 radical (unpaired) electrons. The third kappa shape index (κ3) is 4.59. The first kappa shape index (κ1) is 22.1. The molecule has 2 aromatic rings. The summed E-state index contributed by atoms with van der Waals surface area (Å²) in [4.78, 5) is 31.5. The highest BCUT2D eigenvalue weighted by Gasteiger charge is 2.40. The van der Waals surface area contributed by atoms with Crippen LogP contribution in [0.25, 0.3) is 11.3 Å². The predicted molar refractivity (Wildman–Crippen MR) is 120 cm³/mol. The smallest absolute Gasteiger partial charge is 0.246 e. The molecule has 2 heterocycles. The summed E-state index contributed by atoms with van der Waals surface area (Å²) < 4.78 is 5.48. The minimum atomic E-state index is -0.535. The first-order valence-electron chi connectivity index (χ1n) is 10.1. The van der Waals surface area contributed by atoms with E-state index in [1.54, 1.807) is 12.0 Å². The van der Waals surface area contributed by atoms with Crippen LogP contribution in [0.3, 0.4) is 0 Å². The maximum absolute atomic E-state index is 13.3. The molecule has 30 heavy (non-hydrogen) atoms. The number of primary amides is 1. The van der Waals surface area contributed by atoms with Crippen LogP contribution in [0.4, 0.5) is 5.13 Å². The third-order valence-electron chi connectivity index (χ3n) is 5.38. The maximum Gasteiger partial charge on any atom is 0.246 e. The number of thiazole rings is 1. The molecule has 3 N–H and O–H groups in total. The average Bonchev–Trinajstić information content (AvgIpc) is 3.34. The summed E-state index contributed by atoms with van der Waals surface area (Å²) >= 11 is 1.44. The molecule has 1 saturated heterocycles. The molecule has 0 aliphatic carbocycles. The zero-order chi connectivity index (χ0) is 22.1. The van der Waals surface area contributed by atoms with Gasteiger partial charge in [0.1, 0.15) is 17.8 Å². The van der Waals surface area contributed by atoms with Gasteiger partial charge in [0.15, 0.2) is 5.13 Å². The Hall–Kier alpha value is -2.61. The summed E-state index contributed by atoms with van der Waals surface area (Å²) in [6, 6.07) is 4.89. The lowest BCUT2D eigenvalue weighted by molar-refractivity contribution is -0.139. The number of likely N-dealkylation sites (tertiary alicyclic amines) is 1. The van der Waals surface area contributed by atoms with Crippen LogP contribution in [0, 0.1) is 12.3 Å². The van der Waals surface area contributed by atoms with Crippen LogP contribution >= 0.6 is 11.3 Å². The largest absolute Gasteiger partial charge is 0.496 e. The van der Waals surface area contributed by atoms with Crippen LogP contribution in [0.15, 0.2) is 23.6 Å². The number of hydrogen-bond acceptors (Lipinski definition) is 6. The number of rotatable bonds is 6. The van der Waals surface area contributed by atoms with Crippen LogP contribution in [-0.4, -0.2) is 47.4 Å². The highest BCUT2D eigenvalue weighted by atomic mass is 32.1. The first-order valence-corrected chi connectivity index (χ1v) is 11.0. The molecule has 2 amide bonds. The first-order chi connectivity index (χ1) is 14.1. The van der Waals surface area contributed by atoms with Gasteiger partial charge < -0.3 is 20.7 Å². The molecule has 162 valence electrons. The van der Waals surface area contributed by atoms with Gasteiger partial charge in [-0.05, 0) is 37.3 Å². The summed E-state index contributed by atoms with van der Waals surface area (Å²) in [7, 11) is 1.64. The van der Waals surface area contributed by atoms with Gasteiger partial charge in [0.05, 0.1) is 12.8 Å². The Bertz CT molecular complexity index is 935. The maximum atomic E-state index is 13.3. The van der Waals surface area contributed by atoms with Gasteiger partial charge in [-0.3, -0.25) is 9.59 Å². The van der Waals surface area contributed by atoms with E-state index in [0.717, 1.165) is 29.0 Å². The second-order valence-electron chi connectivity index (χ2n) is 8.78. The van der Waals surface area contributed by atoms with Gasteiger partial charge in [-0.15, -0.1) is 11.3 Å². The monoisotopic (exact) mass is 430 g/mol. The zero-order valence-electron chi connectivity index (χ0n) is 18.2. The molecule has 3 rings (SSSR count). The fourth-order valence-corrected chi connectivity index (χ4v) is 4.49. The summed E-state index contributed by atoms with van der Waals surface area (Å²) in [5.74, 6) is 0.188. The van der Waals surface area contributed by atoms with Gasteiger partial charge in [-0.2, -0.15) is 0 Å². The Balaban J connectivity index is 1.86. The van der Waals surface area contributed by atoms with E-state index < -0.39 is 18.0 Å². The summed E-state index contributed by atoms with van der Waals surface area (Å²) in [6.07, 6.45) is 1.40. The van der Waals surface area contributed by atoms with Gasteiger partial charge in [0.25, 0.3) is 0 Å². The molecule has 2 atom stereocenters. The molecular formula is C22H30N4O3S. The number of aromatic nitrogens is 1. The van der Waals surface area contributed by atoms with Gasteiger partial charge in [-0.1, -0.05) is 32.4 Å². The number of carbonyl (C=O) groups is 2. The Labute approximate surface area is 181 Å². The van der Waals surface area contributed by atoms with Crippen molar-refractivity contribution >= 4 is 28.3 Å². The van der Waals surface area contributed by atoms with Crippen molar-refractivity contribution in [3.05, 3.63) is 29.1 Å². The number of methoxy groups -OCH3 is 1. The molecule has 7 nitrogen and oxygen atoms in total. The normalized spacial score (nSPS) is 17.6. The van der Waals surface area contributed by atoms with Crippen molar-refractivity contribution in [3.8, 4) is 17.0 Å². The van der Waals surface area contributed by atoms with Gasteiger partial charge in [0.2, 0.25) is 11.8 Å². The van der Waals surface area contributed by atoms with Gasteiger partial charge >= 0.3 is 0 Å². The quantitative estimate of drug-likeness (QED) is 0.732. The lowest BCUT2D eigenvalue weighted by atomic mass is 9.85. The van der Waals surface area contributed by atoms with E-state index >= 15 is 0 Å². The number of aryl methyl sites for hydroxylation is 1. The third-order valence-corrected chi connectivity index (χ3v) is 6.15. The molecule has 1 aromatic heterocycles. The van der Waals surface area contributed by atoms with E-state index in [1.165, 1.54) is 11.3 Å². The highest BCUT2D eigenvalue weighted by Crippen LogP contribution is 2.35. The number of benzene rings is 1. The molecule has 0 saturated carbocycles. The second kappa shape index (κ2) is 8.63. The Morgan fingerprint density at radius 2 is 2.10 bits per heavy atom. The van der Waals surface area contributed by atoms with Crippen LogP contribution in [0.5, 0.6) is 5.75 Å². The zero-order valence-corrected chi connectivity index (χ0v) is 19.0. The number of nitrogens with two attached hydrogens (primary N) is 1. The molecule has 1 fully saturated rings. The molecule has 1 aromatic carbocycles. The minimum absolute atomic E-state index is 0.117. The van der Waals surface area contributed by atoms with E-state index in [2.05, 4.69) is 5.32 Å². The van der Waals surface area contributed by atoms with Crippen LogP contribution in [-0.2, 0) is 9.59 Å². The number of carbonyl (C=O) groups excluding carboxylic acids is 2. The Kier molecular flexibility index (Phi) is 6.36. The fourth-order valence-electron chi connectivity index (χ4n) is 3.75. The number of amides is 2. The topological polar surface area (TPSA) is 97.5 Å². The number of anilines is 1. The summed E-state index contributed by atoms with van der Waals surface area (Å²) in [5, 5.41) is 5.92. The lowest BCUT2D eigenvalue weighted by Crippen LogP contribution is -2.53. The molecule has 0 bridgehead atoms. The predicted octanol–water partition coefficient (Wildman–Crippen LogP) is 3.43. The molecule has 0 unspecified atom stereocenters. The van der Waals surface area contributed by atoms with Crippen molar-refractivity contribution in [3.63, 3.8) is 0 Å². The van der Waals surface area contributed by atoms with Crippen molar-refractivity contribution in [2.75, 3.05) is 19.0 Å². The van der Waals surface area contributed by atoms with Crippen LogP contribution in [0.2, 0.25) is 0 Å². The van der Waals surface area contributed by atoms with Crippen LogP contribution in [0.1, 0.15) is 39.2 Å². The van der Waals surface area contributed by atoms with Crippen molar-refractivity contribution in [1.29, 1.82) is 0 Å². The standard InChI is InChI=1S/C22H30N4O3S/c1-13-8-9-17(29-5)14(11-13)15-12-30-21(24-15)25-18(22(2,3)4)20(28)26-10-6-7-16(26)19(23)27/h8-9,11-12,16,18H,6-7,10H2,1-5H3,(H2,23,27)(H,24,25)/t16-,18+/m0/s1. The van der Waals surface area contributed by atoms with Crippen molar-refractivity contribution < 1.29 is 14.3 Å². The Morgan fingerprint density at radius 1 is 1.37 bits per heavy atom. The molecule has 1 aliphatic heterocycles. The van der Waals surface area contributed by atoms with Gasteiger partial charge in [0, 0.05) is 17.5 Å². The molecule has 1 aliphatic rings. The summed E-state index contributed by atoms with van der Waals surface area (Å²) in [6.45, 7) is 8.56. The van der Waals surface area contributed by atoms with E-state index in [9.17, 15) is 9.59 Å². The molecule has 8 heteroatoms. The highest BCUT2D eigenvalue weighted by molar-refractivity contribution is 7.14. The fraction of sp³-hybridized carbons (Fsp3) is 0.500. The minimum Gasteiger partial charge on any atom is -0.496 e. The van der Waals surface area contributed by atoms with Crippen LogP contribution < -0.4 is 15.8 Å². The number of ether oxygens (including phenoxy) is 1. The van der Waals surface area contributed by atoms with E-state index in [0.29, 0.717) is 18.1 Å². The average molecular weight is 431 g/mol. The Morgan fingerprint density at radius 3 is 2.73 bits per heavy atom. The number of hydrogen-bond donors (Lipinski definition) is 2. The van der Waals surface area contributed by atoms with Crippen molar-refractivity contribution in [2.45, 2.75) is 52.6 Å². The summed E-state index contributed by atoms with van der Waals surface area (Å²) in [5.41, 5.74) is 7.95. The SMILES string of the molecule is COc1ccc(C)cc1-c1csc(N[C@H](C(=O)N2CCC[C@H]2C(N)=O)C(C)(C)C)n1. The van der Waals surface area contributed by atoms with Crippen molar-refractivity contribution in [1.82, 2.24) is 9.88 Å². The van der Waals surface area contributed by atoms with E-state index in [4.69, 9.17) is 15.5 Å². The molecular weight excluding hydrogens is 400 g/mol. The lowest BCUT2D eigenvalue weighted by Gasteiger charge is -2.35. The second-order valence-corrected chi connectivity index (χ2v) is 9.64.